The van der Waals surface area contributed by atoms with Crippen molar-refractivity contribution in [2.75, 3.05) is 26.4 Å². The average molecular weight is 573 g/mol. The molecule has 0 aliphatic heterocycles. The van der Waals surface area contributed by atoms with Crippen LogP contribution < -0.4 is 16.2 Å². The largest absolute Gasteiger partial charge is 0.462 e. The van der Waals surface area contributed by atoms with E-state index in [0.717, 1.165) is 11.1 Å². The van der Waals surface area contributed by atoms with Gasteiger partial charge in [0.15, 0.2) is 5.96 Å². The minimum atomic E-state index is -4.02. The SMILES string of the molecule is CCOCCOC(=O)C(CCCN=C(N)N)NS(=O)(=O)c1ccc(C)cc1.Cc1ccc(S(=O)(=O)O)cc1. The Morgan fingerprint density at radius 1 is 0.947 bits per heavy atom. The standard InChI is InChI=1S/C17H28N4O5S.C7H8O3S/c1-3-25-11-12-26-16(22)15(5-4-10-20-17(18)19)21-27(23,24)14-8-6-13(2)7-9-14;1-6-2-4-7(5-3-6)11(8,9)10/h6-9,15,21H,3-5,10-12H2,1-2H3,(H4,18,19,20);2-5H,1H3,(H,8,9,10). The van der Waals surface area contributed by atoms with E-state index in [0.29, 0.717) is 13.0 Å². The molecule has 0 aromatic heterocycles. The van der Waals surface area contributed by atoms with Crippen molar-refractivity contribution in [3.8, 4) is 0 Å². The number of ether oxygens (including phenoxy) is 2. The molecule has 14 heteroatoms. The van der Waals surface area contributed by atoms with Crippen molar-refractivity contribution >= 4 is 32.1 Å². The van der Waals surface area contributed by atoms with Crippen LogP contribution >= 0.6 is 0 Å². The molecule has 38 heavy (non-hydrogen) atoms. The van der Waals surface area contributed by atoms with Crippen molar-refractivity contribution in [3.63, 3.8) is 0 Å². The second kappa shape index (κ2) is 16.0. The van der Waals surface area contributed by atoms with Gasteiger partial charge in [0.25, 0.3) is 10.1 Å². The van der Waals surface area contributed by atoms with Crippen LogP contribution in [0.2, 0.25) is 0 Å². The summed E-state index contributed by atoms with van der Waals surface area (Å²) in [5.41, 5.74) is 12.4. The number of rotatable bonds is 13. The number of sulfonamides is 1. The molecule has 2 aromatic carbocycles. The van der Waals surface area contributed by atoms with Crippen molar-refractivity contribution < 1.29 is 35.7 Å². The molecule has 12 nitrogen and oxygen atoms in total. The molecule has 0 saturated carbocycles. The Morgan fingerprint density at radius 3 is 1.95 bits per heavy atom. The summed E-state index contributed by atoms with van der Waals surface area (Å²) in [6, 6.07) is 11.3. The number of carbonyl (C=O) groups is 1. The molecule has 6 N–H and O–H groups in total. The average Bonchev–Trinajstić information content (AvgIpc) is 2.84. The molecule has 1 atom stereocenters. The number of hydrogen-bond acceptors (Lipinski definition) is 8. The van der Waals surface area contributed by atoms with Crippen molar-refractivity contribution in [1.29, 1.82) is 0 Å². The Morgan fingerprint density at radius 2 is 1.47 bits per heavy atom. The number of aryl methyl sites for hydroxylation is 2. The van der Waals surface area contributed by atoms with Gasteiger partial charge < -0.3 is 20.9 Å². The first-order valence-corrected chi connectivity index (χ1v) is 14.6. The minimum absolute atomic E-state index is 0.0450. The monoisotopic (exact) mass is 572 g/mol. The van der Waals surface area contributed by atoms with Crippen molar-refractivity contribution in [1.82, 2.24) is 4.72 Å². The van der Waals surface area contributed by atoms with Crippen molar-refractivity contribution in [2.45, 2.75) is 49.4 Å². The van der Waals surface area contributed by atoms with Gasteiger partial charge in [0.05, 0.1) is 16.4 Å². The van der Waals surface area contributed by atoms with E-state index in [-0.39, 0.29) is 41.9 Å². The van der Waals surface area contributed by atoms with Gasteiger partial charge in [0, 0.05) is 13.2 Å². The Balaban J connectivity index is 0.000000544. The number of nitrogens with two attached hydrogens (primary N) is 2. The van der Waals surface area contributed by atoms with Gasteiger partial charge >= 0.3 is 5.97 Å². The van der Waals surface area contributed by atoms with Gasteiger partial charge in [-0.05, 0) is 57.9 Å². The maximum absolute atomic E-state index is 12.6. The first-order chi connectivity index (χ1) is 17.8. The number of aliphatic imine (C=N–C) groups is 1. The highest BCUT2D eigenvalue weighted by atomic mass is 32.2. The smallest absolute Gasteiger partial charge is 0.324 e. The Hall–Kier alpha value is -3.04. The summed E-state index contributed by atoms with van der Waals surface area (Å²) in [6.07, 6.45) is 0.592. The van der Waals surface area contributed by atoms with Crippen LogP contribution in [0.5, 0.6) is 0 Å². The third-order valence-electron chi connectivity index (χ3n) is 4.85. The van der Waals surface area contributed by atoms with Crippen LogP contribution in [0.15, 0.2) is 63.3 Å². The van der Waals surface area contributed by atoms with Crippen LogP contribution in [0.3, 0.4) is 0 Å². The summed E-state index contributed by atoms with van der Waals surface area (Å²) >= 11 is 0. The van der Waals surface area contributed by atoms with Gasteiger partial charge in [-0.25, -0.2) is 8.42 Å². The quantitative estimate of drug-likeness (QED) is 0.0896. The topological polar surface area (TPSA) is 200 Å². The van der Waals surface area contributed by atoms with Crippen LogP contribution in [0, 0.1) is 13.8 Å². The number of nitrogens with zero attached hydrogens (tertiary/aromatic N) is 1. The molecule has 212 valence electrons. The molecule has 0 spiro atoms. The van der Waals surface area contributed by atoms with E-state index < -0.39 is 32.2 Å². The fraction of sp³-hybridized carbons (Fsp3) is 0.417. The lowest BCUT2D eigenvalue weighted by atomic mass is 10.2. The predicted octanol–water partition coefficient (Wildman–Crippen LogP) is 1.52. The Bertz CT molecular complexity index is 1240. The van der Waals surface area contributed by atoms with Gasteiger partial charge in [0.1, 0.15) is 12.6 Å². The lowest BCUT2D eigenvalue weighted by Gasteiger charge is -2.17. The normalized spacial score (nSPS) is 12.1. The molecule has 0 bridgehead atoms. The molecule has 0 heterocycles. The third kappa shape index (κ3) is 13.0. The molecule has 0 saturated heterocycles. The van der Waals surface area contributed by atoms with Crippen molar-refractivity contribution in [2.24, 2.45) is 16.5 Å². The zero-order valence-corrected chi connectivity index (χ0v) is 23.3. The molecule has 0 aliphatic rings. The molecule has 1 unspecified atom stereocenters. The summed E-state index contributed by atoms with van der Waals surface area (Å²) in [7, 11) is -7.90. The van der Waals surface area contributed by atoms with E-state index >= 15 is 0 Å². The second-order valence-corrected chi connectivity index (χ2v) is 11.2. The zero-order valence-electron chi connectivity index (χ0n) is 21.7. The number of guanidine groups is 1. The second-order valence-electron chi connectivity index (χ2n) is 8.09. The van der Waals surface area contributed by atoms with Gasteiger partial charge in [-0.15, -0.1) is 0 Å². The van der Waals surface area contributed by atoms with Crippen molar-refractivity contribution in [3.05, 3.63) is 59.7 Å². The van der Waals surface area contributed by atoms with Crippen LogP contribution in [0.25, 0.3) is 0 Å². The maximum atomic E-state index is 12.6. The first-order valence-electron chi connectivity index (χ1n) is 11.7. The van der Waals surface area contributed by atoms with Crippen LogP contribution in [-0.2, 0) is 34.4 Å². The van der Waals surface area contributed by atoms with Gasteiger partial charge in [-0.1, -0.05) is 35.4 Å². The first kappa shape index (κ1) is 33.0. The number of carbonyl (C=O) groups excluding carboxylic acids is 1. The zero-order chi connectivity index (χ0) is 28.8. The summed E-state index contributed by atoms with van der Waals surface area (Å²) in [5.74, 6) is -0.735. The van der Waals surface area contributed by atoms with E-state index in [1.165, 1.54) is 24.3 Å². The summed E-state index contributed by atoms with van der Waals surface area (Å²) < 4.78 is 67.3. The van der Waals surface area contributed by atoms with Crippen LogP contribution in [-0.4, -0.2) is 65.7 Å². The lowest BCUT2D eigenvalue weighted by Crippen LogP contribution is -2.42. The summed E-state index contributed by atoms with van der Waals surface area (Å²) in [6.45, 7) is 6.58. The van der Waals surface area contributed by atoms with Gasteiger partial charge in [0.2, 0.25) is 10.0 Å². The van der Waals surface area contributed by atoms with Gasteiger partial charge in [-0.2, -0.15) is 13.1 Å². The molecule has 0 amide bonds. The highest BCUT2D eigenvalue weighted by molar-refractivity contribution is 7.89. The van der Waals surface area contributed by atoms with E-state index in [1.807, 2.05) is 20.8 Å². The molecular formula is C24H36N4O8S2. The molecule has 0 aliphatic carbocycles. The predicted molar refractivity (Wildman–Crippen MR) is 144 cm³/mol. The molecule has 2 aromatic rings. The third-order valence-corrected chi connectivity index (χ3v) is 7.21. The highest BCUT2D eigenvalue weighted by Crippen LogP contribution is 2.13. The molecule has 0 fully saturated rings. The minimum Gasteiger partial charge on any atom is -0.462 e. The maximum Gasteiger partial charge on any atom is 0.324 e. The van der Waals surface area contributed by atoms with Crippen LogP contribution in [0.1, 0.15) is 30.9 Å². The Labute approximate surface area is 224 Å². The van der Waals surface area contributed by atoms with E-state index in [9.17, 15) is 21.6 Å². The fourth-order valence-electron chi connectivity index (χ4n) is 2.86. The number of hydrogen-bond donors (Lipinski definition) is 4. The highest BCUT2D eigenvalue weighted by Gasteiger charge is 2.26. The lowest BCUT2D eigenvalue weighted by molar-refractivity contribution is -0.147. The molecule has 0 radical (unpaired) electrons. The van der Waals surface area contributed by atoms with E-state index in [2.05, 4.69) is 9.71 Å². The Kier molecular flexibility index (Phi) is 13.9. The summed E-state index contributed by atoms with van der Waals surface area (Å²) in [5, 5.41) is 0. The van der Waals surface area contributed by atoms with Crippen LogP contribution in [0.4, 0.5) is 0 Å². The molecular weight excluding hydrogens is 536 g/mol. The summed E-state index contributed by atoms with van der Waals surface area (Å²) in [4.78, 5) is 16.1. The number of esters is 1. The van der Waals surface area contributed by atoms with E-state index in [1.54, 1.807) is 24.3 Å². The fourth-order valence-corrected chi connectivity index (χ4v) is 4.56. The van der Waals surface area contributed by atoms with Gasteiger partial charge in [-0.3, -0.25) is 14.3 Å². The number of benzene rings is 2. The number of nitrogens with one attached hydrogen (secondary N) is 1. The molecule has 2 rings (SSSR count). The van der Waals surface area contributed by atoms with E-state index in [4.69, 9.17) is 25.5 Å².